The van der Waals surface area contributed by atoms with Crippen molar-refractivity contribution >= 4 is 17.5 Å². The highest BCUT2D eigenvalue weighted by molar-refractivity contribution is 6.04. The number of nitrogens with one attached hydrogen (secondary N) is 1. The normalized spacial score (nSPS) is 22.0. The van der Waals surface area contributed by atoms with E-state index in [4.69, 9.17) is 9.47 Å². The average molecular weight is 478 g/mol. The molecule has 2 aromatic rings. The molecule has 0 spiro atoms. The average Bonchev–Trinajstić information content (AvgIpc) is 2.84. The van der Waals surface area contributed by atoms with Gasteiger partial charge in [0.15, 0.2) is 0 Å². The molecule has 2 aromatic carbocycles. The van der Waals surface area contributed by atoms with Crippen LogP contribution in [0.5, 0.6) is 0 Å². The molecule has 2 atom stereocenters. The molecule has 2 aliphatic heterocycles. The number of halogens is 3. The number of hydrogen-bond donors (Lipinski definition) is 2. The van der Waals surface area contributed by atoms with Gasteiger partial charge < -0.3 is 24.8 Å². The molecule has 0 aromatic heterocycles. The standard InChI is InChI=1S/C24H25F3N2O5/c25-24(26,27)17-5-1-16(2-6-17)23(32)28-18-7-3-15(4-8-18)22-20(13-30)29(21(31)14-34-22)19-9-11-33-12-10-19/h1-8,19-20,22,30H,9-14H2,(H,28,32)/t20-,22-/m1/s1. The minimum atomic E-state index is -4.47. The third kappa shape index (κ3) is 5.24. The van der Waals surface area contributed by atoms with Crippen LogP contribution in [-0.4, -0.2) is 60.3 Å². The molecule has 10 heteroatoms. The third-order valence-corrected chi connectivity index (χ3v) is 6.12. The number of alkyl halides is 3. The highest BCUT2D eigenvalue weighted by Crippen LogP contribution is 2.33. The van der Waals surface area contributed by atoms with Crippen molar-refractivity contribution in [3.8, 4) is 0 Å². The van der Waals surface area contributed by atoms with Crippen LogP contribution in [0.3, 0.4) is 0 Å². The summed E-state index contributed by atoms with van der Waals surface area (Å²) in [7, 11) is 0. The zero-order valence-electron chi connectivity index (χ0n) is 18.3. The lowest BCUT2D eigenvalue weighted by Crippen LogP contribution is -2.57. The largest absolute Gasteiger partial charge is 0.416 e. The summed E-state index contributed by atoms with van der Waals surface area (Å²) in [4.78, 5) is 26.7. The minimum Gasteiger partial charge on any atom is -0.394 e. The Morgan fingerprint density at radius 1 is 1.06 bits per heavy atom. The van der Waals surface area contributed by atoms with Gasteiger partial charge in [-0.15, -0.1) is 0 Å². The highest BCUT2D eigenvalue weighted by atomic mass is 19.4. The van der Waals surface area contributed by atoms with Gasteiger partial charge in [0.1, 0.15) is 12.7 Å². The minimum absolute atomic E-state index is 0.0212. The molecule has 182 valence electrons. The van der Waals surface area contributed by atoms with Crippen LogP contribution >= 0.6 is 0 Å². The van der Waals surface area contributed by atoms with Crippen molar-refractivity contribution in [3.63, 3.8) is 0 Å². The molecule has 0 radical (unpaired) electrons. The molecule has 2 N–H and O–H groups in total. The van der Waals surface area contributed by atoms with E-state index in [2.05, 4.69) is 5.32 Å². The molecule has 2 fully saturated rings. The molecule has 0 saturated carbocycles. The molecule has 34 heavy (non-hydrogen) atoms. The fourth-order valence-electron chi connectivity index (χ4n) is 4.39. The predicted octanol–water partition coefficient (Wildman–Crippen LogP) is 3.40. The molecule has 2 aliphatic rings. The summed E-state index contributed by atoms with van der Waals surface area (Å²) >= 11 is 0. The summed E-state index contributed by atoms with van der Waals surface area (Å²) in [5, 5.41) is 12.7. The highest BCUT2D eigenvalue weighted by Gasteiger charge is 2.41. The van der Waals surface area contributed by atoms with E-state index in [-0.39, 0.29) is 30.7 Å². The lowest BCUT2D eigenvalue weighted by atomic mass is 9.95. The quantitative estimate of drug-likeness (QED) is 0.688. The Bertz CT molecular complexity index is 1000. The number of anilines is 1. The maximum absolute atomic E-state index is 12.7. The fraction of sp³-hybridized carbons (Fsp3) is 0.417. The molecule has 0 aliphatic carbocycles. The maximum atomic E-state index is 12.7. The third-order valence-electron chi connectivity index (χ3n) is 6.12. The molecule has 0 unspecified atom stereocenters. The van der Waals surface area contributed by atoms with Gasteiger partial charge in [0.2, 0.25) is 5.91 Å². The zero-order valence-corrected chi connectivity index (χ0v) is 18.3. The summed E-state index contributed by atoms with van der Waals surface area (Å²) in [5.41, 5.74) is 0.449. The second-order valence-corrected chi connectivity index (χ2v) is 8.28. The van der Waals surface area contributed by atoms with Gasteiger partial charge in [0.25, 0.3) is 5.91 Å². The molecule has 4 rings (SSSR count). The Labute approximate surface area is 194 Å². The monoisotopic (exact) mass is 478 g/mol. The van der Waals surface area contributed by atoms with Crippen LogP contribution in [0.2, 0.25) is 0 Å². The van der Waals surface area contributed by atoms with Gasteiger partial charge in [-0.3, -0.25) is 9.59 Å². The first-order valence-electron chi connectivity index (χ1n) is 11.0. The van der Waals surface area contributed by atoms with Gasteiger partial charge in [0.05, 0.1) is 18.2 Å². The van der Waals surface area contributed by atoms with E-state index in [1.165, 1.54) is 0 Å². The van der Waals surface area contributed by atoms with Gasteiger partial charge in [0, 0.05) is 30.5 Å². The topological polar surface area (TPSA) is 88.1 Å². The molecule has 2 heterocycles. The van der Waals surface area contributed by atoms with Crippen LogP contribution in [-0.2, 0) is 20.4 Å². The first-order valence-corrected chi connectivity index (χ1v) is 11.0. The second-order valence-electron chi connectivity index (χ2n) is 8.28. The van der Waals surface area contributed by atoms with E-state index < -0.39 is 29.8 Å². The number of nitrogens with zero attached hydrogens (tertiary/aromatic N) is 1. The summed E-state index contributed by atoms with van der Waals surface area (Å²) in [6.45, 7) is 0.766. The van der Waals surface area contributed by atoms with E-state index in [0.717, 1.165) is 29.8 Å². The SMILES string of the molecule is O=C(Nc1ccc([C@H]2OCC(=O)N(C3CCOCC3)[C@@H]2CO)cc1)c1ccc(C(F)(F)F)cc1. The van der Waals surface area contributed by atoms with Gasteiger partial charge in [-0.25, -0.2) is 0 Å². The maximum Gasteiger partial charge on any atom is 0.416 e. The summed E-state index contributed by atoms with van der Waals surface area (Å²) in [6, 6.07) is 10.1. The van der Waals surface area contributed by atoms with Crippen molar-refractivity contribution in [2.45, 2.75) is 37.2 Å². The number of carbonyl (C=O) groups is 2. The summed E-state index contributed by atoms with van der Waals surface area (Å²) in [5.74, 6) is -0.706. The Hall–Kier alpha value is -2.95. The van der Waals surface area contributed by atoms with Crippen LogP contribution in [0.4, 0.5) is 18.9 Å². The number of benzene rings is 2. The van der Waals surface area contributed by atoms with Crippen molar-refractivity contribution in [2.24, 2.45) is 0 Å². The van der Waals surface area contributed by atoms with Gasteiger partial charge in [-0.1, -0.05) is 12.1 Å². The predicted molar refractivity (Wildman–Crippen MR) is 116 cm³/mol. The van der Waals surface area contributed by atoms with Crippen LogP contribution in [0.15, 0.2) is 48.5 Å². The Morgan fingerprint density at radius 3 is 2.29 bits per heavy atom. The molecule has 2 amide bonds. The van der Waals surface area contributed by atoms with E-state index in [1.54, 1.807) is 29.2 Å². The van der Waals surface area contributed by atoms with Crippen molar-refractivity contribution < 1.29 is 37.3 Å². The molecule has 2 saturated heterocycles. The summed E-state index contributed by atoms with van der Waals surface area (Å²) in [6.07, 6.45) is -3.61. The number of morpholine rings is 1. The smallest absolute Gasteiger partial charge is 0.394 e. The van der Waals surface area contributed by atoms with Crippen molar-refractivity contribution in [1.29, 1.82) is 0 Å². The number of aliphatic hydroxyl groups excluding tert-OH is 1. The van der Waals surface area contributed by atoms with E-state index in [0.29, 0.717) is 31.7 Å². The summed E-state index contributed by atoms with van der Waals surface area (Å²) < 4.78 is 49.3. The van der Waals surface area contributed by atoms with Crippen molar-refractivity contribution in [2.75, 3.05) is 31.7 Å². The first-order chi connectivity index (χ1) is 16.3. The van der Waals surface area contributed by atoms with E-state index in [1.807, 2.05) is 0 Å². The van der Waals surface area contributed by atoms with E-state index in [9.17, 15) is 27.9 Å². The van der Waals surface area contributed by atoms with Crippen LogP contribution in [0.1, 0.15) is 40.4 Å². The Morgan fingerprint density at radius 2 is 1.71 bits per heavy atom. The number of hydrogen-bond acceptors (Lipinski definition) is 5. The lowest BCUT2D eigenvalue weighted by molar-refractivity contribution is -0.168. The number of amides is 2. The van der Waals surface area contributed by atoms with Gasteiger partial charge >= 0.3 is 6.18 Å². The molecule has 0 bridgehead atoms. The van der Waals surface area contributed by atoms with Crippen LogP contribution in [0, 0.1) is 0 Å². The molecular formula is C24H25F3N2O5. The molecule has 7 nitrogen and oxygen atoms in total. The number of carbonyl (C=O) groups excluding carboxylic acids is 2. The first kappa shape index (κ1) is 24.2. The number of aliphatic hydroxyl groups is 1. The molecular weight excluding hydrogens is 453 g/mol. The van der Waals surface area contributed by atoms with E-state index >= 15 is 0 Å². The lowest BCUT2D eigenvalue weighted by Gasteiger charge is -2.45. The Kier molecular flexibility index (Phi) is 7.20. The second kappa shape index (κ2) is 10.1. The zero-order chi connectivity index (χ0) is 24.3. The van der Waals surface area contributed by atoms with Crippen LogP contribution < -0.4 is 5.32 Å². The van der Waals surface area contributed by atoms with Crippen molar-refractivity contribution in [3.05, 3.63) is 65.2 Å². The van der Waals surface area contributed by atoms with Gasteiger partial charge in [-0.05, 0) is 54.8 Å². The fourth-order valence-corrected chi connectivity index (χ4v) is 4.39. The van der Waals surface area contributed by atoms with Crippen LogP contribution in [0.25, 0.3) is 0 Å². The Balaban J connectivity index is 1.45. The number of ether oxygens (including phenoxy) is 2. The van der Waals surface area contributed by atoms with Crippen molar-refractivity contribution in [1.82, 2.24) is 4.90 Å². The number of rotatable bonds is 5. The van der Waals surface area contributed by atoms with Gasteiger partial charge in [-0.2, -0.15) is 13.2 Å².